The predicted octanol–water partition coefficient (Wildman–Crippen LogP) is 2.81. The highest BCUT2D eigenvalue weighted by Gasteiger charge is 2.62. The minimum Gasteiger partial charge on any atom is -0.414 e. The predicted molar refractivity (Wildman–Crippen MR) is 82.6 cm³/mol. The van der Waals surface area contributed by atoms with Gasteiger partial charge in [0.05, 0.1) is 6.61 Å². The quantitative estimate of drug-likeness (QED) is 0.633. The summed E-state index contributed by atoms with van der Waals surface area (Å²) in [6, 6.07) is 0. The second-order valence-electron chi connectivity index (χ2n) is 7.86. The maximum atomic E-state index is 10.2. The first kappa shape index (κ1) is 17.7. The van der Waals surface area contributed by atoms with Crippen molar-refractivity contribution in [2.75, 3.05) is 6.61 Å². The Balaban J connectivity index is 2.05. The molecule has 7 heteroatoms. The molecule has 0 aliphatic carbocycles. The maximum Gasteiger partial charge on any atom is 0.276 e. The van der Waals surface area contributed by atoms with Gasteiger partial charge in [0.2, 0.25) is 0 Å². The van der Waals surface area contributed by atoms with Crippen LogP contribution in [-0.4, -0.2) is 49.4 Å². The standard InChI is InChI=1S/C14H27ClO5Si/c1-12(2,3)21(6,7)17-8-9-10-11(14(15,16)18-9)20-13(4,5)19-10/h9-11,16H,8H2,1-7H3/t9-,10-,11-,14+/m1/s1. The lowest BCUT2D eigenvalue weighted by molar-refractivity contribution is -0.240. The third kappa shape index (κ3) is 3.47. The Morgan fingerprint density at radius 2 is 1.76 bits per heavy atom. The van der Waals surface area contributed by atoms with Crippen LogP contribution in [0.4, 0.5) is 0 Å². The topological polar surface area (TPSA) is 57.2 Å². The number of aliphatic hydroxyl groups is 1. The summed E-state index contributed by atoms with van der Waals surface area (Å²) in [4.78, 5) is 0. The number of alkyl halides is 1. The first-order valence-corrected chi connectivity index (χ1v) is 10.6. The van der Waals surface area contributed by atoms with Crippen LogP contribution in [0.15, 0.2) is 0 Å². The van der Waals surface area contributed by atoms with Crippen molar-refractivity contribution in [1.82, 2.24) is 0 Å². The van der Waals surface area contributed by atoms with Crippen LogP contribution in [0, 0.1) is 0 Å². The summed E-state index contributed by atoms with van der Waals surface area (Å²) in [6.45, 7) is 14.8. The van der Waals surface area contributed by atoms with Crippen LogP contribution in [0.5, 0.6) is 0 Å². The Kier molecular flexibility index (Phi) is 4.34. The molecule has 2 aliphatic rings. The van der Waals surface area contributed by atoms with Gasteiger partial charge in [-0.05, 0) is 32.0 Å². The second kappa shape index (κ2) is 5.16. The third-order valence-electron chi connectivity index (χ3n) is 4.58. The first-order valence-electron chi connectivity index (χ1n) is 7.34. The molecule has 124 valence electrons. The number of ether oxygens (including phenoxy) is 3. The lowest BCUT2D eigenvalue weighted by Gasteiger charge is -2.37. The summed E-state index contributed by atoms with van der Waals surface area (Å²) in [5.41, 5.74) is 0. The molecule has 0 spiro atoms. The number of halogens is 1. The van der Waals surface area contributed by atoms with Gasteiger partial charge in [-0.15, -0.1) is 0 Å². The maximum absolute atomic E-state index is 10.2. The molecule has 0 bridgehead atoms. The zero-order valence-corrected chi connectivity index (χ0v) is 15.7. The molecule has 0 radical (unpaired) electrons. The van der Waals surface area contributed by atoms with Crippen molar-refractivity contribution in [3.8, 4) is 0 Å². The number of hydrogen-bond donors (Lipinski definition) is 1. The number of rotatable bonds is 3. The Hall–Kier alpha value is 0.307. The van der Waals surface area contributed by atoms with E-state index in [1.807, 2.05) is 0 Å². The molecular weight excluding hydrogens is 312 g/mol. The van der Waals surface area contributed by atoms with Crippen molar-refractivity contribution in [2.45, 2.75) is 82.1 Å². The van der Waals surface area contributed by atoms with E-state index in [0.29, 0.717) is 6.61 Å². The van der Waals surface area contributed by atoms with Crippen molar-refractivity contribution in [1.29, 1.82) is 0 Å². The fourth-order valence-electron chi connectivity index (χ4n) is 2.32. The fraction of sp³-hybridized carbons (Fsp3) is 1.00. The molecule has 2 saturated heterocycles. The normalized spacial score (nSPS) is 39.6. The molecule has 2 rings (SSSR count). The molecule has 2 fully saturated rings. The van der Waals surface area contributed by atoms with Crippen molar-refractivity contribution in [3.05, 3.63) is 0 Å². The molecule has 0 saturated carbocycles. The molecular formula is C14H27ClO5Si. The summed E-state index contributed by atoms with van der Waals surface area (Å²) in [6.07, 6.45) is -1.57. The highest BCUT2D eigenvalue weighted by atomic mass is 35.5. The first-order chi connectivity index (χ1) is 9.25. The van der Waals surface area contributed by atoms with Crippen molar-refractivity contribution < 1.29 is 23.7 Å². The largest absolute Gasteiger partial charge is 0.414 e. The van der Waals surface area contributed by atoms with E-state index >= 15 is 0 Å². The van der Waals surface area contributed by atoms with Crippen LogP contribution in [0.2, 0.25) is 18.1 Å². The minimum atomic E-state index is -1.90. The van der Waals surface area contributed by atoms with Crippen LogP contribution in [0.25, 0.3) is 0 Å². The van der Waals surface area contributed by atoms with E-state index in [9.17, 15) is 5.11 Å². The fourth-order valence-corrected chi connectivity index (χ4v) is 3.62. The summed E-state index contributed by atoms with van der Waals surface area (Å²) < 4.78 is 23.1. The molecule has 1 N–H and O–H groups in total. The highest BCUT2D eigenvalue weighted by molar-refractivity contribution is 6.74. The molecule has 0 amide bonds. The van der Waals surface area contributed by atoms with E-state index in [4.69, 9.17) is 30.2 Å². The van der Waals surface area contributed by atoms with Crippen molar-refractivity contribution >= 4 is 19.9 Å². The number of hydrogen-bond acceptors (Lipinski definition) is 5. The van der Waals surface area contributed by atoms with E-state index in [1.165, 1.54) is 0 Å². The van der Waals surface area contributed by atoms with Gasteiger partial charge in [0.25, 0.3) is 5.25 Å². The monoisotopic (exact) mass is 338 g/mol. The van der Waals surface area contributed by atoms with Crippen molar-refractivity contribution in [2.24, 2.45) is 0 Å². The van der Waals surface area contributed by atoms with Gasteiger partial charge in [0.15, 0.2) is 20.2 Å². The molecule has 0 unspecified atom stereocenters. The lowest BCUT2D eigenvalue weighted by atomic mass is 10.1. The average molecular weight is 339 g/mol. The molecule has 0 aromatic heterocycles. The number of fused-ring (bicyclic) bond motifs is 1. The Bertz CT molecular complexity index is 405. The smallest absolute Gasteiger partial charge is 0.276 e. The summed E-state index contributed by atoms with van der Waals surface area (Å²) in [7, 11) is -1.90. The van der Waals surface area contributed by atoms with Gasteiger partial charge in [-0.1, -0.05) is 32.4 Å². The molecule has 21 heavy (non-hydrogen) atoms. The van der Waals surface area contributed by atoms with E-state index < -0.39 is 37.7 Å². The molecule has 0 aromatic rings. The third-order valence-corrected chi connectivity index (χ3v) is 9.38. The van der Waals surface area contributed by atoms with Gasteiger partial charge < -0.3 is 23.7 Å². The van der Waals surface area contributed by atoms with Gasteiger partial charge in [-0.3, -0.25) is 0 Å². The van der Waals surface area contributed by atoms with Gasteiger partial charge >= 0.3 is 0 Å². The van der Waals surface area contributed by atoms with Gasteiger partial charge in [-0.25, -0.2) is 0 Å². The molecule has 2 aliphatic heterocycles. The molecule has 4 atom stereocenters. The summed E-state index contributed by atoms with van der Waals surface area (Å²) >= 11 is 6.01. The van der Waals surface area contributed by atoms with Gasteiger partial charge in [0.1, 0.15) is 12.2 Å². The summed E-state index contributed by atoms with van der Waals surface area (Å²) in [5.74, 6) is -0.781. The molecule has 0 aromatic carbocycles. The van der Waals surface area contributed by atoms with Crippen LogP contribution in [0.3, 0.4) is 0 Å². The highest BCUT2D eigenvalue weighted by Crippen LogP contribution is 2.45. The Morgan fingerprint density at radius 3 is 2.29 bits per heavy atom. The van der Waals surface area contributed by atoms with Crippen LogP contribution in [-0.2, 0) is 18.6 Å². The van der Waals surface area contributed by atoms with Gasteiger partial charge in [-0.2, -0.15) is 0 Å². The van der Waals surface area contributed by atoms with E-state index in [-0.39, 0.29) is 5.04 Å². The SMILES string of the molecule is CC1(C)O[C@H]2[C@@H](O1)[C@@](O)(Cl)O[C@@H]2CO[Si](C)(C)C(C)(C)C. The van der Waals surface area contributed by atoms with Crippen LogP contribution in [0.1, 0.15) is 34.6 Å². The minimum absolute atomic E-state index is 0.106. The van der Waals surface area contributed by atoms with E-state index in [2.05, 4.69) is 33.9 Å². The average Bonchev–Trinajstić information content (AvgIpc) is 2.69. The summed E-state index contributed by atoms with van der Waals surface area (Å²) in [5, 5.41) is 8.40. The van der Waals surface area contributed by atoms with E-state index in [1.54, 1.807) is 13.8 Å². The molecule has 2 heterocycles. The zero-order chi connectivity index (χ0) is 16.3. The van der Waals surface area contributed by atoms with Gasteiger partial charge in [0, 0.05) is 0 Å². The zero-order valence-electron chi connectivity index (χ0n) is 13.9. The van der Waals surface area contributed by atoms with E-state index in [0.717, 1.165) is 0 Å². The van der Waals surface area contributed by atoms with Crippen LogP contribution < -0.4 is 0 Å². The molecule has 5 nitrogen and oxygen atoms in total. The van der Waals surface area contributed by atoms with Crippen LogP contribution >= 0.6 is 11.6 Å². The Labute approximate surface area is 133 Å². The van der Waals surface area contributed by atoms with Crippen molar-refractivity contribution in [3.63, 3.8) is 0 Å². The lowest BCUT2D eigenvalue weighted by Crippen LogP contribution is -2.44. The Morgan fingerprint density at radius 1 is 1.19 bits per heavy atom. The second-order valence-corrected chi connectivity index (χ2v) is 13.2.